The van der Waals surface area contributed by atoms with Gasteiger partial charge in [-0.2, -0.15) is 0 Å². The molecule has 0 amide bonds. The Hall–Kier alpha value is -13.3. The molecular formula is C97H62B3N5. The van der Waals surface area contributed by atoms with E-state index in [1.807, 2.05) is 0 Å². The predicted molar refractivity (Wildman–Crippen MR) is 447 cm³/mol. The molecule has 25 rings (SSSR count). The first-order valence-corrected chi connectivity index (χ1v) is 36.8. The van der Waals surface area contributed by atoms with Crippen LogP contribution in [0.2, 0.25) is 0 Å². The molecule has 3 aromatic heterocycles. The van der Waals surface area contributed by atoms with Gasteiger partial charge < -0.3 is 23.5 Å². The zero-order valence-corrected chi connectivity index (χ0v) is 57.5. The van der Waals surface area contributed by atoms with Gasteiger partial charge in [-0.15, -0.1) is 0 Å². The lowest BCUT2D eigenvalue weighted by atomic mass is 9.37. The summed E-state index contributed by atoms with van der Waals surface area (Å²) in [5.74, 6) is 0. The third-order valence-electron chi connectivity index (χ3n) is 23.7. The van der Waals surface area contributed by atoms with E-state index < -0.39 is 0 Å². The predicted octanol–water partition coefficient (Wildman–Crippen LogP) is 18.0. The second-order valence-corrected chi connectivity index (χ2v) is 28.9. The summed E-state index contributed by atoms with van der Waals surface area (Å²) in [5, 5.41) is 7.97. The summed E-state index contributed by atoms with van der Waals surface area (Å²) in [6.45, 7) is 3.12. The third-order valence-corrected chi connectivity index (χ3v) is 23.7. The summed E-state index contributed by atoms with van der Waals surface area (Å²) in [7, 11) is 0. The van der Waals surface area contributed by atoms with Gasteiger partial charge in [0.2, 0.25) is 20.1 Å². The van der Waals surface area contributed by atoms with Crippen LogP contribution in [0.3, 0.4) is 0 Å². The minimum absolute atomic E-state index is 0.260. The molecule has 19 aromatic rings. The van der Waals surface area contributed by atoms with Crippen LogP contribution in [0, 0.1) is 6.92 Å². The van der Waals surface area contributed by atoms with Gasteiger partial charge in [-0.05, 0) is 170 Å². The van der Waals surface area contributed by atoms with Gasteiger partial charge in [0.05, 0.1) is 22.2 Å². The van der Waals surface area contributed by atoms with Crippen LogP contribution >= 0.6 is 0 Å². The van der Waals surface area contributed by atoms with Gasteiger partial charge in [0.1, 0.15) is 0 Å². The Bertz CT molecular complexity index is 6820. The maximum Gasteiger partial charge on any atom is 0.248 e. The second kappa shape index (κ2) is 22.4. The molecular weight excluding hydrogens is 1270 g/mol. The van der Waals surface area contributed by atoms with Crippen LogP contribution in [-0.4, -0.2) is 33.8 Å². The van der Waals surface area contributed by atoms with Gasteiger partial charge in [0.15, 0.2) is 0 Å². The van der Waals surface area contributed by atoms with Crippen LogP contribution in [-0.2, 0) is 0 Å². The van der Waals surface area contributed by atoms with Crippen molar-refractivity contribution < 1.29 is 0 Å². The number of fused-ring (bicyclic) bond motifs is 24. The summed E-state index contributed by atoms with van der Waals surface area (Å²) in [6.07, 6.45) is 0. The van der Waals surface area contributed by atoms with E-state index >= 15 is 0 Å². The Labute approximate surface area is 609 Å². The van der Waals surface area contributed by atoms with Crippen LogP contribution in [0.25, 0.3) is 116 Å². The molecule has 484 valence electrons. The van der Waals surface area contributed by atoms with E-state index in [0.717, 1.165) is 28.4 Å². The largest absolute Gasteiger partial charge is 0.310 e. The molecule has 105 heavy (non-hydrogen) atoms. The summed E-state index contributed by atoms with van der Waals surface area (Å²) >= 11 is 0. The lowest BCUT2D eigenvalue weighted by molar-refractivity contribution is 1.18. The minimum atomic E-state index is 0.260. The molecule has 0 unspecified atom stereocenters. The fourth-order valence-electron chi connectivity index (χ4n) is 19.7. The monoisotopic (exact) mass is 1330 g/mol. The van der Waals surface area contributed by atoms with Crippen molar-refractivity contribution in [2.24, 2.45) is 0 Å². The number of anilines is 6. The van der Waals surface area contributed by atoms with Gasteiger partial charge in [-0.1, -0.05) is 283 Å². The SMILES string of the molecule is Cc1ccc2c3c1c1ccccc1n3-c1cccc3c1B2c1ccccc1-3.c1ccc(N(c2ccccc2)c2ccc3c4cccc5c4n(c3c2)-c2cccc3c2B5c2ccccc2-3)cc1.c1ccc(N(c2ccccc2)c2cccc3c4cccc5c4n(c23)-c2cccc3c2B5c2ccccc2-3)cc1. The summed E-state index contributed by atoms with van der Waals surface area (Å²) in [5.41, 5.74) is 41.2. The highest BCUT2D eigenvalue weighted by Crippen LogP contribution is 2.47. The molecule has 8 heteroatoms. The first kappa shape index (κ1) is 58.4. The maximum absolute atomic E-state index is 2.55. The molecule has 0 saturated carbocycles. The first-order valence-electron chi connectivity index (χ1n) is 36.8. The molecule has 6 aliphatic heterocycles. The standard InChI is InChI=1S/2C36H23BN2.C25H16BN/c1-3-12-24(13-4-1)38(25-14-5-2-6-15-25)33-23-11-19-29-28-18-9-21-31-35(28)39(36(29)33)32-22-10-17-27-26-16-7-8-20-30(26)37(31)34(27)32;1-3-11-24(12-4-1)38(25-13-5-2-6-14-25)26-21-22-28-30-17-9-19-32-36(30)39(34(28)23-26)33-20-10-16-29-27-15-7-8-18-31(27)37(32)35(29)33;1-15-13-14-20-25-23(15)18-8-3-5-11-21(18)27(25)22-12-6-9-17-16-7-2-4-10-19(16)26(20)24(17)22/h2*1-23H;2-14H,1H3. The lowest BCUT2D eigenvalue weighted by Crippen LogP contribution is -2.53. The number of hydrogen-bond donors (Lipinski definition) is 0. The summed E-state index contributed by atoms with van der Waals surface area (Å²) < 4.78 is 7.59. The van der Waals surface area contributed by atoms with Gasteiger partial charge in [0, 0.05) is 94.4 Å². The molecule has 0 saturated heterocycles. The number of aryl methyl sites for hydroxylation is 1. The van der Waals surface area contributed by atoms with E-state index in [-0.39, 0.29) is 13.4 Å². The normalized spacial score (nSPS) is 12.8. The second-order valence-electron chi connectivity index (χ2n) is 28.9. The smallest absolute Gasteiger partial charge is 0.248 e. The average Bonchev–Trinajstić information content (AvgIpc) is 1.54. The number of nitrogens with zero attached hydrogens (tertiary/aromatic N) is 5. The Kier molecular flexibility index (Phi) is 12.4. The van der Waals surface area contributed by atoms with Gasteiger partial charge in [0.25, 0.3) is 0 Å². The molecule has 0 spiro atoms. The highest BCUT2D eigenvalue weighted by Gasteiger charge is 2.44. The number of aromatic nitrogens is 3. The van der Waals surface area contributed by atoms with Crippen LogP contribution < -0.4 is 59.0 Å². The van der Waals surface area contributed by atoms with Crippen molar-refractivity contribution >= 4 is 169 Å². The van der Waals surface area contributed by atoms with Crippen molar-refractivity contribution in [1.29, 1.82) is 0 Å². The van der Waals surface area contributed by atoms with Crippen molar-refractivity contribution in [3.05, 3.63) is 363 Å². The molecule has 16 aromatic carbocycles. The highest BCUT2D eigenvalue weighted by molar-refractivity contribution is 7.03. The Morgan fingerprint density at radius 1 is 0.229 bits per heavy atom. The molecule has 6 aliphatic rings. The van der Waals surface area contributed by atoms with E-state index in [2.05, 4.69) is 388 Å². The molecule has 0 aliphatic carbocycles. The fraction of sp³-hybridized carbons (Fsp3) is 0.0103. The molecule has 0 bridgehead atoms. The van der Waals surface area contributed by atoms with Crippen LogP contribution in [0.1, 0.15) is 5.56 Å². The maximum atomic E-state index is 2.55. The molecule has 5 nitrogen and oxygen atoms in total. The third kappa shape index (κ3) is 8.11. The van der Waals surface area contributed by atoms with E-state index in [4.69, 9.17) is 0 Å². The lowest BCUT2D eigenvalue weighted by Gasteiger charge is -2.29. The topological polar surface area (TPSA) is 21.3 Å². The van der Waals surface area contributed by atoms with Gasteiger partial charge in [-0.25, -0.2) is 0 Å². The summed E-state index contributed by atoms with van der Waals surface area (Å²) in [4.78, 5) is 4.75. The molecule has 0 N–H and O–H groups in total. The fourth-order valence-corrected chi connectivity index (χ4v) is 19.7. The first-order chi connectivity index (χ1) is 52.1. The van der Waals surface area contributed by atoms with E-state index in [0.29, 0.717) is 6.71 Å². The van der Waals surface area contributed by atoms with Crippen LogP contribution in [0.5, 0.6) is 0 Å². The number of rotatable bonds is 6. The Morgan fingerprint density at radius 3 is 1.12 bits per heavy atom. The van der Waals surface area contributed by atoms with Crippen LogP contribution in [0.4, 0.5) is 34.1 Å². The zero-order chi connectivity index (χ0) is 68.7. The molecule has 0 atom stereocenters. The average molecular weight is 1330 g/mol. The number of hydrogen-bond acceptors (Lipinski definition) is 2. The van der Waals surface area contributed by atoms with Crippen molar-refractivity contribution in [1.82, 2.24) is 13.7 Å². The highest BCUT2D eigenvalue weighted by atomic mass is 15.2. The number of benzene rings is 16. The number of para-hydroxylation sites is 8. The van der Waals surface area contributed by atoms with Crippen molar-refractivity contribution in [2.75, 3.05) is 9.80 Å². The van der Waals surface area contributed by atoms with E-state index in [1.165, 1.54) is 176 Å². The van der Waals surface area contributed by atoms with Gasteiger partial charge >= 0.3 is 0 Å². The minimum Gasteiger partial charge on any atom is -0.310 e. The van der Waals surface area contributed by atoms with Crippen molar-refractivity contribution in [3.8, 4) is 50.4 Å². The van der Waals surface area contributed by atoms with Crippen LogP contribution in [0.15, 0.2) is 358 Å². The quantitative estimate of drug-likeness (QED) is 0.155. The molecule has 9 heterocycles. The summed E-state index contributed by atoms with van der Waals surface area (Å²) in [6, 6.07) is 131. The van der Waals surface area contributed by atoms with Crippen molar-refractivity contribution in [3.63, 3.8) is 0 Å². The zero-order valence-electron chi connectivity index (χ0n) is 57.5. The molecule has 0 radical (unpaired) electrons. The molecule has 0 fully saturated rings. The van der Waals surface area contributed by atoms with Gasteiger partial charge in [-0.3, -0.25) is 0 Å². The van der Waals surface area contributed by atoms with E-state index in [9.17, 15) is 0 Å². The van der Waals surface area contributed by atoms with E-state index in [1.54, 1.807) is 0 Å². The Balaban J connectivity index is 0.0000000978. The Morgan fingerprint density at radius 2 is 0.600 bits per heavy atom. The van der Waals surface area contributed by atoms with Crippen molar-refractivity contribution in [2.45, 2.75) is 6.92 Å².